The zero-order valence-electron chi connectivity index (χ0n) is 16.9. The molecule has 0 amide bonds. The Morgan fingerprint density at radius 1 is 1.10 bits per heavy atom. The molecule has 6 nitrogen and oxygen atoms in total. The van der Waals surface area contributed by atoms with E-state index in [0.717, 1.165) is 58.7 Å². The number of aromatic nitrogens is 4. The fourth-order valence-corrected chi connectivity index (χ4v) is 4.11. The molecule has 0 bridgehead atoms. The van der Waals surface area contributed by atoms with Crippen LogP contribution in [-0.4, -0.2) is 37.8 Å². The summed E-state index contributed by atoms with van der Waals surface area (Å²) >= 11 is 6.16. The molecule has 1 saturated carbocycles. The fourth-order valence-electron chi connectivity index (χ4n) is 3.92. The number of amidine groups is 1. The second kappa shape index (κ2) is 8.11. The van der Waals surface area contributed by atoms with Gasteiger partial charge in [0.15, 0.2) is 5.82 Å². The van der Waals surface area contributed by atoms with Crippen LogP contribution in [0, 0.1) is 0 Å². The lowest BCUT2D eigenvalue weighted by Gasteiger charge is -2.17. The molecule has 0 saturated heterocycles. The van der Waals surface area contributed by atoms with Crippen molar-refractivity contribution in [2.75, 3.05) is 6.54 Å². The Morgan fingerprint density at radius 3 is 2.70 bits per heavy atom. The average Bonchev–Trinajstić information content (AvgIpc) is 3.52. The van der Waals surface area contributed by atoms with Crippen LogP contribution >= 0.6 is 11.6 Å². The summed E-state index contributed by atoms with van der Waals surface area (Å²) in [5, 5.41) is 9.84. The van der Waals surface area contributed by atoms with Crippen LogP contribution in [0.1, 0.15) is 56.0 Å². The zero-order chi connectivity index (χ0) is 20.5. The van der Waals surface area contributed by atoms with Gasteiger partial charge in [0.2, 0.25) is 0 Å². The molecule has 2 aromatic heterocycles. The summed E-state index contributed by atoms with van der Waals surface area (Å²) in [6.45, 7) is 2.94. The number of rotatable bonds is 6. The molecule has 0 spiro atoms. The third kappa shape index (κ3) is 3.92. The minimum atomic E-state index is 0.176. The molecule has 1 aromatic carbocycles. The van der Waals surface area contributed by atoms with E-state index in [0.29, 0.717) is 6.04 Å². The highest BCUT2D eigenvalue weighted by molar-refractivity contribution is 6.31. The predicted molar refractivity (Wildman–Crippen MR) is 119 cm³/mol. The van der Waals surface area contributed by atoms with Crippen LogP contribution in [0.2, 0.25) is 5.02 Å². The standard InChI is InChI=1S/C23H23ClN6/c1-15(13-21-26-12-9-20(27-21)17-3-2-4-18(24)14-17)22-28-29-23(30(22)19-5-6-19)16-7-10-25-11-8-16/h2-4,7-8,10-11,14-15,19H,5-6,9,12-13H2,1H3. The monoisotopic (exact) mass is 418 g/mol. The highest BCUT2D eigenvalue weighted by atomic mass is 35.5. The third-order valence-electron chi connectivity index (χ3n) is 5.57. The van der Waals surface area contributed by atoms with Gasteiger partial charge in [-0.05, 0) is 42.7 Å². The maximum Gasteiger partial charge on any atom is 0.164 e. The molecule has 0 N–H and O–H groups in total. The molecule has 1 atom stereocenters. The molecular weight excluding hydrogens is 396 g/mol. The Balaban J connectivity index is 1.40. The molecule has 30 heavy (non-hydrogen) atoms. The van der Waals surface area contributed by atoms with Crippen LogP contribution in [0.3, 0.4) is 0 Å². The van der Waals surface area contributed by atoms with Gasteiger partial charge < -0.3 is 4.57 Å². The first-order valence-corrected chi connectivity index (χ1v) is 10.8. The first kappa shape index (κ1) is 19.1. The predicted octanol–water partition coefficient (Wildman–Crippen LogP) is 5.11. The number of aliphatic imine (C=N–C) groups is 2. The minimum absolute atomic E-state index is 0.176. The van der Waals surface area contributed by atoms with E-state index in [-0.39, 0.29) is 5.92 Å². The Morgan fingerprint density at radius 2 is 1.93 bits per heavy atom. The van der Waals surface area contributed by atoms with Crippen molar-refractivity contribution in [1.82, 2.24) is 19.7 Å². The maximum absolute atomic E-state index is 6.16. The van der Waals surface area contributed by atoms with Gasteiger partial charge in [0.05, 0.1) is 5.71 Å². The van der Waals surface area contributed by atoms with Gasteiger partial charge in [-0.2, -0.15) is 0 Å². The third-order valence-corrected chi connectivity index (χ3v) is 5.80. The molecule has 2 aliphatic rings. The van der Waals surface area contributed by atoms with E-state index in [4.69, 9.17) is 16.6 Å². The van der Waals surface area contributed by atoms with Gasteiger partial charge in [-0.1, -0.05) is 30.7 Å². The largest absolute Gasteiger partial charge is 0.308 e. The summed E-state index contributed by atoms with van der Waals surface area (Å²) in [6.07, 6.45) is 7.52. The lowest BCUT2D eigenvalue weighted by Crippen LogP contribution is -2.16. The van der Waals surface area contributed by atoms with Crippen molar-refractivity contribution >= 4 is 23.1 Å². The average molecular weight is 419 g/mol. The highest BCUT2D eigenvalue weighted by Gasteiger charge is 2.32. The van der Waals surface area contributed by atoms with Crippen LogP contribution < -0.4 is 0 Å². The summed E-state index contributed by atoms with van der Waals surface area (Å²) in [6, 6.07) is 12.3. The molecule has 1 fully saturated rings. The number of halogens is 1. The van der Waals surface area contributed by atoms with Gasteiger partial charge in [0.25, 0.3) is 0 Å². The summed E-state index contributed by atoms with van der Waals surface area (Å²) < 4.78 is 2.31. The lowest BCUT2D eigenvalue weighted by atomic mass is 10.0. The van der Waals surface area contributed by atoms with Gasteiger partial charge in [0, 0.05) is 54.3 Å². The molecular formula is C23H23ClN6. The van der Waals surface area contributed by atoms with Crippen molar-refractivity contribution in [2.24, 2.45) is 9.98 Å². The van der Waals surface area contributed by atoms with Crippen LogP contribution in [0.5, 0.6) is 0 Å². The second-order valence-electron chi connectivity index (χ2n) is 7.94. The fraction of sp³-hybridized carbons (Fsp3) is 0.348. The Hall–Kier alpha value is -2.86. The Labute approximate surface area is 180 Å². The van der Waals surface area contributed by atoms with E-state index >= 15 is 0 Å². The lowest BCUT2D eigenvalue weighted by molar-refractivity contribution is 0.624. The number of pyridine rings is 1. The van der Waals surface area contributed by atoms with Crippen molar-refractivity contribution in [3.05, 3.63) is 65.2 Å². The summed E-state index contributed by atoms with van der Waals surface area (Å²) in [5.41, 5.74) is 3.18. The first-order chi connectivity index (χ1) is 14.7. The number of hydrogen-bond donors (Lipinski definition) is 0. The van der Waals surface area contributed by atoms with Gasteiger partial charge >= 0.3 is 0 Å². The van der Waals surface area contributed by atoms with E-state index in [1.807, 2.05) is 30.3 Å². The zero-order valence-corrected chi connectivity index (χ0v) is 17.6. The molecule has 1 aliphatic carbocycles. The molecule has 5 rings (SSSR count). The van der Waals surface area contributed by atoms with Crippen molar-refractivity contribution in [2.45, 2.75) is 44.6 Å². The van der Waals surface area contributed by atoms with E-state index in [1.54, 1.807) is 12.4 Å². The smallest absolute Gasteiger partial charge is 0.164 e. The van der Waals surface area contributed by atoms with E-state index in [1.165, 1.54) is 12.8 Å². The van der Waals surface area contributed by atoms with Crippen molar-refractivity contribution in [3.63, 3.8) is 0 Å². The molecule has 3 heterocycles. The maximum atomic E-state index is 6.16. The van der Waals surface area contributed by atoms with Gasteiger partial charge in [0.1, 0.15) is 11.7 Å². The summed E-state index contributed by atoms with van der Waals surface area (Å²) in [5.74, 6) is 2.99. The normalized spacial score (nSPS) is 17.4. The van der Waals surface area contributed by atoms with E-state index < -0.39 is 0 Å². The molecule has 1 aliphatic heterocycles. The molecule has 3 aromatic rings. The molecule has 7 heteroatoms. The van der Waals surface area contributed by atoms with Crippen LogP contribution in [0.15, 0.2) is 58.8 Å². The Kier molecular flexibility index (Phi) is 5.17. The number of hydrogen-bond acceptors (Lipinski definition) is 5. The second-order valence-corrected chi connectivity index (χ2v) is 8.38. The quantitative estimate of drug-likeness (QED) is 0.558. The molecule has 152 valence electrons. The summed E-state index contributed by atoms with van der Waals surface area (Å²) in [4.78, 5) is 13.7. The van der Waals surface area contributed by atoms with Crippen LogP contribution in [0.25, 0.3) is 11.4 Å². The number of nitrogens with zero attached hydrogens (tertiary/aromatic N) is 6. The van der Waals surface area contributed by atoms with Gasteiger partial charge in [-0.25, -0.2) is 4.99 Å². The SMILES string of the molecule is CC(CC1=NCCC(c2cccc(Cl)c2)=N1)c1nnc(-c2ccncc2)n1C1CC1. The van der Waals surface area contributed by atoms with Crippen molar-refractivity contribution < 1.29 is 0 Å². The highest BCUT2D eigenvalue weighted by Crippen LogP contribution is 2.40. The first-order valence-electron chi connectivity index (χ1n) is 10.4. The van der Waals surface area contributed by atoms with Gasteiger partial charge in [-0.3, -0.25) is 9.98 Å². The van der Waals surface area contributed by atoms with Crippen molar-refractivity contribution in [3.8, 4) is 11.4 Å². The topological polar surface area (TPSA) is 68.3 Å². The Bertz CT molecular complexity index is 1110. The van der Waals surface area contributed by atoms with Crippen LogP contribution in [-0.2, 0) is 0 Å². The molecule has 1 unspecified atom stereocenters. The van der Waals surface area contributed by atoms with Crippen molar-refractivity contribution in [1.29, 1.82) is 0 Å². The van der Waals surface area contributed by atoms with Crippen LogP contribution in [0.4, 0.5) is 0 Å². The minimum Gasteiger partial charge on any atom is -0.308 e. The summed E-state index contributed by atoms with van der Waals surface area (Å²) in [7, 11) is 0. The van der Waals surface area contributed by atoms with E-state index in [9.17, 15) is 0 Å². The number of benzene rings is 1. The van der Waals surface area contributed by atoms with Gasteiger partial charge in [-0.15, -0.1) is 10.2 Å². The van der Waals surface area contributed by atoms with E-state index in [2.05, 4.69) is 37.7 Å². The molecule has 0 radical (unpaired) electrons.